The molecule has 0 bridgehead atoms. The summed E-state index contributed by atoms with van der Waals surface area (Å²) in [4.78, 5) is 2.42. The van der Waals surface area contributed by atoms with Gasteiger partial charge in [-0.05, 0) is 127 Å². The third-order valence-electron chi connectivity index (χ3n) is 12.0. The summed E-state index contributed by atoms with van der Waals surface area (Å²) in [7, 11) is 0. The molecule has 0 radical (unpaired) electrons. The van der Waals surface area contributed by atoms with Gasteiger partial charge >= 0.3 is 0 Å². The quantitative estimate of drug-likeness (QED) is 0.133. The number of anilines is 3. The van der Waals surface area contributed by atoms with Gasteiger partial charge in [-0.15, -0.1) is 0 Å². The van der Waals surface area contributed by atoms with Crippen molar-refractivity contribution >= 4 is 22.6 Å². The molecule has 62 heavy (non-hydrogen) atoms. The molecule has 1 unspecified atom stereocenters. The molecule has 296 valence electrons. The van der Waals surface area contributed by atoms with Crippen molar-refractivity contribution in [2.45, 2.75) is 13.3 Å². The van der Waals surface area contributed by atoms with Gasteiger partial charge in [-0.2, -0.15) is 0 Å². The minimum Gasteiger partial charge on any atom is -0.310 e. The van der Waals surface area contributed by atoms with Gasteiger partial charge in [-0.1, -0.05) is 219 Å². The Morgan fingerprint density at radius 2 is 0.661 bits per heavy atom. The molecule has 1 heteroatoms. The molecular weight excluding hydrogens is 747 g/mol. The van der Waals surface area contributed by atoms with Crippen LogP contribution in [0.1, 0.15) is 18.9 Å². The Balaban J connectivity index is 1.12. The topological polar surface area (TPSA) is 3.24 Å². The van der Waals surface area contributed by atoms with Crippen LogP contribution < -0.4 is 4.90 Å². The third-order valence-corrected chi connectivity index (χ3v) is 12.0. The van der Waals surface area contributed by atoms with E-state index in [1.807, 2.05) is 0 Å². The fourth-order valence-corrected chi connectivity index (χ4v) is 8.79. The molecule has 9 aromatic rings. The molecular formula is C61H47N. The maximum Gasteiger partial charge on any atom is 0.0468 e. The van der Waals surface area contributed by atoms with Gasteiger partial charge in [0.05, 0.1) is 0 Å². The van der Waals surface area contributed by atoms with Crippen molar-refractivity contribution in [1.29, 1.82) is 0 Å². The zero-order valence-corrected chi connectivity index (χ0v) is 34.9. The van der Waals surface area contributed by atoms with Gasteiger partial charge in [0.2, 0.25) is 0 Å². The van der Waals surface area contributed by atoms with E-state index in [4.69, 9.17) is 0 Å². The van der Waals surface area contributed by atoms with Gasteiger partial charge in [0.1, 0.15) is 0 Å². The summed E-state index contributed by atoms with van der Waals surface area (Å²) in [6.07, 6.45) is 8.04. The predicted octanol–water partition coefficient (Wildman–Crippen LogP) is 17.1. The molecule has 0 aromatic heterocycles. The number of hydrogen-bond acceptors (Lipinski definition) is 1. The zero-order chi connectivity index (χ0) is 41.7. The van der Waals surface area contributed by atoms with Crippen molar-refractivity contribution in [2.24, 2.45) is 5.92 Å². The minimum atomic E-state index is 0.528. The standard InChI is InChI=1S/C61H47N/c1-44-15-14-24-54(41-44)49-33-35-55(36-34-49)62(56-37-39-58(60(42-56)50-20-10-4-11-21-50)52-29-25-47(26-30-52)45-16-6-2-7-17-45)57-38-40-59(61(43-57)51-22-12-5-13-23-51)53-31-27-48(28-32-53)46-18-8-3-9-19-46/h2-14,16-44H,15H2,1H3. The number of rotatable bonds is 10. The molecule has 0 heterocycles. The fourth-order valence-electron chi connectivity index (χ4n) is 8.79. The molecule has 1 nitrogen and oxygen atoms in total. The molecule has 10 rings (SSSR count). The Labute approximate surface area is 366 Å². The molecule has 0 spiro atoms. The number of allylic oxidation sites excluding steroid dienone is 4. The van der Waals surface area contributed by atoms with Crippen LogP contribution in [0.25, 0.3) is 72.3 Å². The lowest BCUT2D eigenvalue weighted by Gasteiger charge is -2.28. The maximum atomic E-state index is 2.42. The Kier molecular flexibility index (Phi) is 10.8. The van der Waals surface area contributed by atoms with Crippen LogP contribution in [0, 0.1) is 5.92 Å². The molecule has 1 aliphatic rings. The zero-order valence-electron chi connectivity index (χ0n) is 34.9. The Hall–Kier alpha value is -7.74. The van der Waals surface area contributed by atoms with Gasteiger partial charge in [-0.25, -0.2) is 0 Å². The van der Waals surface area contributed by atoms with E-state index in [1.165, 1.54) is 77.9 Å². The number of benzene rings is 9. The Morgan fingerprint density at radius 1 is 0.323 bits per heavy atom. The van der Waals surface area contributed by atoms with Crippen LogP contribution >= 0.6 is 0 Å². The Morgan fingerprint density at radius 3 is 1.08 bits per heavy atom. The number of hydrogen-bond donors (Lipinski definition) is 0. The van der Waals surface area contributed by atoms with Crippen molar-refractivity contribution in [3.63, 3.8) is 0 Å². The van der Waals surface area contributed by atoms with Gasteiger partial charge in [0, 0.05) is 17.1 Å². The average Bonchev–Trinajstić information content (AvgIpc) is 3.35. The van der Waals surface area contributed by atoms with E-state index < -0.39 is 0 Å². The highest BCUT2D eigenvalue weighted by Gasteiger charge is 2.20. The second-order valence-corrected chi connectivity index (χ2v) is 16.2. The number of nitrogens with zero attached hydrogens (tertiary/aromatic N) is 1. The fraction of sp³-hybridized carbons (Fsp3) is 0.0492. The second-order valence-electron chi connectivity index (χ2n) is 16.2. The van der Waals surface area contributed by atoms with E-state index in [2.05, 4.69) is 261 Å². The van der Waals surface area contributed by atoms with E-state index in [1.54, 1.807) is 0 Å². The highest BCUT2D eigenvalue weighted by molar-refractivity contribution is 5.93. The smallest absolute Gasteiger partial charge is 0.0468 e. The summed E-state index contributed by atoms with van der Waals surface area (Å²) in [5.41, 5.74) is 20.1. The van der Waals surface area contributed by atoms with E-state index in [0.29, 0.717) is 5.92 Å². The normalized spacial score (nSPS) is 13.4. The highest BCUT2D eigenvalue weighted by atomic mass is 15.1. The summed E-state index contributed by atoms with van der Waals surface area (Å²) in [6.45, 7) is 2.29. The van der Waals surface area contributed by atoms with Crippen LogP contribution in [0.5, 0.6) is 0 Å². The largest absolute Gasteiger partial charge is 0.310 e. The maximum absolute atomic E-state index is 2.42. The van der Waals surface area contributed by atoms with E-state index in [9.17, 15) is 0 Å². The second kappa shape index (κ2) is 17.5. The first kappa shape index (κ1) is 38.5. The third kappa shape index (κ3) is 8.09. The van der Waals surface area contributed by atoms with Crippen LogP contribution in [0.4, 0.5) is 17.1 Å². The molecule has 0 aliphatic heterocycles. The van der Waals surface area contributed by atoms with Crippen molar-refractivity contribution in [2.75, 3.05) is 4.90 Å². The molecule has 0 amide bonds. The molecule has 0 fully saturated rings. The summed E-state index contributed by atoms with van der Waals surface area (Å²) < 4.78 is 0. The summed E-state index contributed by atoms with van der Waals surface area (Å²) in [5.74, 6) is 0.528. The average molecular weight is 794 g/mol. The first-order chi connectivity index (χ1) is 30.6. The lowest BCUT2D eigenvalue weighted by molar-refractivity contribution is 0.740. The SMILES string of the molecule is CC1C=C(c2ccc(N(c3ccc(-c4ccc(-c5ccccc5)cc4)c(-c4ccccc4)c3)c3ccc(-c4ccc(-c5ccccc5)cc4)c(-c4ccccc4)c3)cc2)C=CC1. The van der Waals surface area contributed by atoms with Crippen LogP contribution in [0.2, 0.25) is 0 Å². The summed E-state index contributed by atoms with van der Waals surface area (Å²) in [5, 5.41) is 0. The van der Waals surface area contributed by atoms with Gasteiger partial charge in [-0.3, -0.25) is 0 Å². The monoisotopic (exact) mass is 793 g/mol. The van der Waals surface area contributed by atoms with Crippen LogP contribution in [-0.2, 0) is 0 Å². The summed E-state index contributed by atoms with van der Waals surface area (Å²) >= 11 is 0. The highest BCUT2D eigenvalue weighted by Crippen LogP contribution is 2.44. The lowest BCUT2D eigenvalue weighted by Crippen LogP contribution is -2.11. The molecule has 9 aromatic carbocycles. The Bertz CT molecular complexity index is 2810. The van der Waals surface area contributed by atoms with Gasteiger partial charge in [0.15, 0.2) is 0 Å². The van der Waals surface area contributed by atoms with E-state index >= 15 is 0 Å². The van der Waals surface area contributed by atoms with Crippen LogP contribution in [0.3, 0.4) is 0 Å². The van der Waals surface area contributed by atoms with Crippen LogP contribution in [0.15, 0.2) is 249 Å². The van der Waals surface area contributed by atoms with Gasteiger partial charge in [0.25, 0.3) is 0 Å². The van der Waals surface area contributed by atoms with Crippen LogP contribution in [-0.4, -0.2) is 0 Å². The van der Waals surface area contributed by atoms with Crippen molar-refractivity contribution in [1.82, 2.24) is 0 Å². The van der Waals surface area contributed by atoms with Crippen molar-refractivity contribution < 1.29 is 0 Å². The molecule has 1 atom stereocenters. The van der Waals surface area contributed by atoms with E-state index in [-0.39, 0.29) is 0 Å². The van der Waals surface area contributed by atoms with E-state index in [0.717, 1.165) is 23.5 Å². The van der Waals surface area contributed by atoms with Crippen molar-refractivity contribution in [3.05, 3.63) is 254 Å². The molecule has 0 N–H and O–H groups in total. The molecule has 0 saturated heterocycles. The first-order valence-electron chi connectivity index (χ1n) is 21.6. The molecule has 1 aliphatic carbocycles. The first-order valence-corrected chi connectivity index (χ1v) is 21.6. The minimum absolute atomic E-state index is 0.528. The predicted molar refractivity (Wildman–Crippen MR) is 265 cm³/mol. The van der Waals surface area contributed by atoms with Gasteiger partial charge < -0.3 is 4.90 Å². The lowest BCUT2D eigenvalue weighted by atomic mass is 9.91. The van der Waals surface area contributed by atoms with Crippen molar-refractivity contribution in [3.8, 4) is 66.8 Å². The summed E-state index contributed by atoms with van der Waals surface area (Å²) in [6, 6.07) is 83.8. The molecule has 0 saturated carbocycles.